The fraction of sp³-hybridized carbons (Fsp3) is 0.843. The van der Waals surface area contributed by atoms with E-state index in [1.54, 1.807) is 0 Å². The van der Waals surface area contributed by atoms with E-state index in [1.165, 1.54) is 57.8 Å². The van der Waals surface area contributed by atoms with Crippen LogP contribution in [0.3, 0.4) is 0 Å². The molecule has 384 valence electrons. The van der Waals surface area contributed by atoms with Crippen LogP contribution < -0.4 is 0 Å². The van der Waals surface area contributed by atoms with Gasteiger partial charge in [0.1, 0.15) is 55.4 Å². The van der Waals surface area contributed by atoms with Crippen LogP contribution in [0.1, 0.15) is 181 Å². The molecule has 11 unspecified atom stereocenters. The van der Waals surface area contributed by atoms with Crippen LogP contribution in [-0.4, -0.2) is 142 Å². The Morgan fingerprint density at radius 3 is 1.47 bits per heavy atom. The molecule has 2 fully saturated rings. The maximum absolute atomic E-state index is 13.0. The highest BCUT2D eigenvalue weighted by molar-refractivity contribution is 5.70. The number of unbranched alkanes of at least 4 members (excludes halogenated alkanes) is 19. The first-order valence-corrected chi connectivity index (χ1v) is 25.6. The van der Waals surface area contributed by atoms with E-state index in [0.29, 0.717) is 12.8 Å². The molecule has 0 bridgehead atoms. The zero-order valence-corrected chi connectivity index (χ0v) is 40.4. The molecule has 15 nitrogen and oxygen atoms in total. The maximum atomic E-state index is 13.0. The molecule has 2 aliphatic heterocycles. The predicted molar refractivity (Wildman–Crippen MR) is 252 cm³/mol. The molecule has 66 heavy (non-hydrogen) atoms. The number of rotatable bonds is 39. The molecule has 0 amide bonds. The van der Waals surface area contributed by atoms with Crippen LogP contribution in [0.2, 0.25) is 0 Å². The van der Waals surface area contributed by atoms with Crippen molar-refractivity contribution in [3.05, 3.63) is 36.5 Å². The second kappa shape index (κ2) is 38.6. The molecule has 0 aliphatic carbocycles. The van der Waals surface area contributed by atoms with E-state index >= 15 is 0 Å². The van der Waals surface area contributed by atoms with Crippen LogP contribution in [-0.2, 0) is 38.0 Å². The number of aliphatic hydroxyl groups excluding tert-OH is 7. The Labute approximate surface area is 395 Å². The Morgan fingerprint density at radius 2 is 0.924 bits per heavy atom. The third-order valence-corrected chi connectivity index (χ3v) is 12.1. The van der Waals surface area contributed by atoms with Gasteiger partial charge in [-0.25, -0.2) is 0 Å². The fourth-order valence-corrected chi connectivity index (χ4v) is 7.82. The molecule has 0 saturated carbocycles. The van der Waals surface area contributed by atoms with Crippen molar-refractivity contribution in [3.8, 4) is 0 Å². The minimum atomic E-state index is -1.77. The summed E-state index contributed by atoms with van der Waals surface area (Å²) in [6.45, 7) is 2.52. The van der Waals surface area contributed by atoms with E-state index in [0.717, 1.165) is 83.5 Å². The SMILES string of the molecule is CCCC/C=C\C/C=C\CCCCCCCC(=O)OC(COC(=O)CCCCCCC/C=C\CCCCCCCCC)COC1OC(COC2OC(CO)C(O)C(O)C2O)C(O)C(O)C1O. The highest BCUT2D eigenvalue weighted by Gasteiger charge is 2.47. The Kier molecular flexibility index (Phi) is 35.0. The molecule has 2 saturated heterocycles. The summed E-state index contributed by atoms with van der Waals surface area (Å²) < 4.78 is 33.5. The van der Waals surface area contributed by atoms with Crippen molar-refractivity contribution in [1.29, 1.82) is 0 Å². The molecular weight excluding hydrogens is 853 g/mol. The lowest BCUT2D eigenvalue weighted by Crippen LogP contribution is -2.61. The summed E-state index contributed by atoms with van der Waals surface area (Å²) >= 11 is 0. The first kappa shape index (κ1) is 59.8. The lowest BCUT2D eigenvalue weighted by atomic mass is 9.98. The van der Waals surface area contributed by atoms with Gasteiger partial charge < -0.3 is 64.2 Å². The number of esters is 2. The standard InChI is InChI=1S/C51H90O15/c1-3-5-7-9-11-13-15-17-19-20-22-23-25-27-29-31-33-42(53)61-36-39(64-43(54)34-32-30-28-26-24-21-18-16-14-12-10-8-6-4-2)37-62-50-49(60)47(58)45(56)41(66-50)38-63-51-48(59)46(57)44(55)40(35-52)65-51/h10,12,16,18-20,39-41,44-52,55-60H,3-9,11,13-15,17,21-38H2,1-2H3/b12-10-,18-16-,20-19-. The van der Waals surface area contributed by atoms with Crippen LogP contribution >= 0.6 is 0 Å². The summed E-state index contributed by atoms with van der Waals surface area (Å²) in [7, 11) is 0. The molecular formula is C51H90O15. The van der Waals surface area contributed by atoms with Gasteiger partial charge in [0.05, 0.1) is 19.8 Å². The van der Waals surface area contributed by atoms with Gasteiger partial charge in [-0.15, -0.1) is 0 Å². The number of aliphatic hydroxyl groups is 7. The number of hydrogen-bond acceptors (Lipinski definition) is 15. The zero-order valence-electron chi connectivity index (χ0n) is 40.4. The maximum Gasteiger partial charge on any atom is 0.306 e. The largest absolute Gasteiger partial charge is 0.462 e. The number of hydrogen-bond donors (Lipinski definition) is 7. The summed E-state index contributed by atoms with van der Waals surface area (Å²) in [5, 5.41) is 72.0. The van der Waals surface area contributed by atoms with Gasteiger partial charge in [0, 0.05) is 12.8 Å². The summed E-state index contributed by atoms with van der Waals surface area (Å²) in [5.41, 5.74) is 0. The first-order valence-electron chi connectivity index (χ1n) is 25.6. The lowest BCUT2D eigenvalue weighted by molar-refractivity contribution is -0.332. The van der Waals surface area contributed by atoms with Gasteiger partial charge in [0.25, 0.3) is 0 Å². The van der Waals surface area contributed by atoms with Crippen molar-refractivity contribution in [2.45, 2.75) is 248 Å². The molecule has 7 N–H and O–H groups in total. The molecule has 2 aliphatic rings. The van der Waals surface area contributed by atoms with Gasteiger partial charge in [-0.2, -0.15) is 0 Å². The summed E-state index contributed by atoms with van der Waals surface area (Å²) in [4.78, 5) is 25.7. The van der Waals surface area contributed by atoms with Gasteiger partial charge in [-0.1, -0.05) is 140 Å². The average molecular weight is 943 g/mol. The molecule has 2 heterocycles. The van der Waals surface area contributed by atoms with E-state index in [9.17, 15) is 45.3 Å². The third kappa shape index (κ3) is 26.5. The third-order valence-electron chi connectivity index (χ3n) is 12.1. The van der Waals surface area contributed by atoms with Crippen molar-refractivity contribution < 1.29 is 73.8 Å². The normalized spacial score (nSPS) is 26.4. The monoisotopic (exact) mass is 943 g/mol. The fourth-order valence-electron chi connectivity index (χ4n) is 7.82. The smallest absolute Gasteiger partial charge is 0.306 e. The Hall–Kier alpha value is -2.28. The van der Waals surface area contributed by atoms with Crippen molar-refractivity contribution >= 4 is 11.9 Å². The van der Waals surface area contributed by atoms with Crippen LogP contribution in [0.25, 0.3) is 0 Å². The Morgan fingerprint density at radius 1 is 0.485 bits per heavy atom. The van der Waals surface area contributed by atoms with E-state index < -0.39 is 92.7 Å². The number of carbonyl (C=O) groups is 2. The quantitative estimate of drug-likeness (QED) is 0.0188. The van der Waals surface area contributed by atoms with Gasteiger partial charge in [-0.3, -0.25) is 9.59 Å². The Balaban J connectivity index is 1.82. The minimum absolute atomic E-state index is 0.147. The first-order chi connectivity index (χ1) is 32.0. The summed E-state index contributed by atoms with van der Waals surface area (Å²) in [5.74, 6) is -0.950. The zero-order chi connectivity index (χ0) is 48.2. The van der Waals surface area contributed by atoms with Crippen molar-refractivity contribution in [2.75, 3.05) is 26.4 Å². The van der Waals surface area contributed by atoms with Crippen LogP contribution in [0.5, 0.6) is 0 Å². The minimum Gasteiger partial charge on any atom is -0.462 e. The Bertz CT molecular complexity index is 1290. The van der Waals surface area contributed by atoms with Crippen LogP contribution in [0.15, 0.2) is 36.5 Å². The highest BCUT2D eigenvalue weighted by Crippen LogP contribution is 2.26. The average Bonchev–Trinajstić information content (AvgIpc) is 3.31. The molecule has 0 aromatic heterocycles. The van der Waals surface area contributed by atoms with Gasteiger partial charge in [0.15, 0.2) is 18.7 Å². The van der Waals surface area contributed by atoms with Crippen molar-refractivity contribution in [1.82, 2.24) is 0 Å². The molecule has 0 aromatic carbocycles. The van der Waals surface area contributed by atoms with Crippen molar-refractivity contribution in [3.63, 3.8) is 0 Å². The number of ether oxygens (including phenoxy) is 6. The topological polar surface area (TPSA) is 231 Å². The van der Waals surface area contributed by atoms with Crippen molar-refractivity contribution in [2.24, 2.45) is 0 Å². The van der Waals surface area contributed by atoms with Crippen LogP contribution in [0.4, 0.5) is 0 Å². The highest BCUT2D eigenvalue weighted by atomic mass is 16.7. The van der Waals surface area contributed by atoms with E-state index in [2.05, 4.69) is 50.3 Å². The van der Waals surface area contributed by atoms with Gasteiger partial charge in [-0.05, 0) is 64.2 Å². The second-order valence-electron chi connectivity index (χ2n) is 18.0. The molecule has 15 heteroatoms. The lowest BCUT2D eigenvalue weighted by Gasteiger charge is -2.42. The predicted octanol–water partition coefficient (Wildman–Crippen LogP) is 6.93. The summed E-state index contributed by atoms with van der Waals surface area (Å²) in [6, 6.07) is 0. The van der Waals surface area contributed by atoms with E-state index in [4.69, 9.17) is 28.4 Å². The molecule has 2 rings (SSSR count). The second-order valence-corrected chi connectivity index (χ2v) is 18.0. The number of allylic oxidation sites excluding steroid dienone is 6. The molecule has 11 atom stereocenters. The van der Waals surface area contributed by atoms with E-state index in [1.807, 2.05) is 0 Å². The molecule has 0 aromatic rings. The molecule has 0 radical (unpaired) electrons. The number of carbonyl (C=O) groups excluding carboxylic acids is 2. The van der Waals surface area contributed by atoms with Gasteiger partial charge in [0.2, 0.25) is 0 Å². The van der Waals surface area contributed by atoms with E-state index in [-0.39, 0.29) is 26.1 Å². The van der Waals surface area contributed by atoms with Gasteiger partial charge >= 0.3 is 11.9 Å². The molecule has 0 spiro atoms. The van der Waals surface area contributed by atoms with Crippen LogP contribution in [0, 0.1) is 0 Å². The summed E-state index contributed by atoms with van der Waals surface area (Å²) in [6.07, 6.45) is 23.1.